The molecule has 4 heteroatoms. The van der Waals surface area contributed by atoms with Crippen molar-refractivity contribution in [1.82, 2.24) is 9.88 Å². The first-order valence-corrected chi connectivity index (χ1v) is 8.18. The predicted octanol–water partition coefficient (Wildman–Crippen LogP) is 3.47. The maximum Gasteiger partial charge on any atom is 0.123 e. The zero-order valence-corrected chi connectivity index (χ0v) is 13.5. The summed E-state index contributed by atoms with van der Waals surface area (Å²) < 4.78 is 13.0. The topological polar surface area (TPSA) is 36.4 Å². The third-order valence-corrected chi connectivity index (χ3v) is 4.63. The number of aliphatic hydroxyl groups is 1. The van der Waals surface area contributed by atoms with Crippen molar-refractivity contribution in [3.63, 3.8) is 0 Å². The number of benzene rings is 1. The molecule has 23 heavy (non-hydrogen) atoms. The second-order valence-corrected chi connectivity index (χ2v) is 6.48. The van der Waals surface area contributed by atoms with E-state index in [0.717, 1.165) is 38.0 Å². The van der Waals surface area contributed by atoms with Gasteiger partial charge in [-0.2, -0.15) is 0 Å². The lowest BCUT2D eigenvalue weighted by Gasteiger charge is -2.34. The summed E-state index contributed by atoms with van der Waals surface area (Å²) in [5, 5.41) is 10.5. The Morgan fingerprint density at radius 3 is 2.57 bits per heavy atom. The summed E-state index contributed by atoms with van der Waals surface area (Å²) in [5.74, 6) is -0.0186. The molecule has 1 aromatic carbocycles. The first-order valence-electron chi connectivity index (χ1n) is 8.18. The van der Waals surface area contributed by atoms with Crippen LogP contribution < -0.4 is 0 Å². The third-order valence-electron chi connectivity index (χ3n) is 4.63. The van der Waals surface area contributed by atoms with Gasteiger partial charge in [0.1, 0.15) is 5.82 Å². The van der Waals surface area contributed by atoms with Crippen LogP contribution in [-0.4, -0.2) is 28.1 Å². The minimum Gasteiger partial charge on any atom is -0.388 e. The fourth-order valence-electron chi connectivity index (χ4n) is 3.32. The summed E-state index contributed by atoms with van der Waals surface area (Å²) in [5.41, 5.74) is 3.24. The molecule has 0 aliphatic carbocycles. The van der Waals surface area contributed by atoms with Gasteiger partial charge in [0.25, 0.3) is 0 Å². The molecule has 1 unspecified atom stereocenters. The summed E-state index contributed by atoms with van der Waals surface area (Å²) >= 11 is 0. The Hall–Kier alpha value is -1.78. The van der Waals surface area contributed by atoms with E-state index in [0.29, 0.717) is 0 Å². The van der Waals surface area contributed by atoms with Gasteiger partial charge < -0.3 is 5.11 Å². The lowest BCUT2D eigenvalue weighted by molar-refractivity contribution is 0.0567. The highest BCUT2D eigenvalue weighted by Gasteiger charge is 2.26. The molecular formula is C19H23FN2O. The molecule has 0 amide bonds. The van der Waals surface area contributed by atoms with E-state index in [1.165, 1.54) is 23.3 Å². The molecule has 1 aliphatic heterocycles. The Morgan fingerprint density at radius 2 is 1.91 bits per heavy atom. The Kier molecular flexibility index (Phi) is 5.03. The minimum absolute atomic E-state index is 0.243. The van der Waals surface area contributed by atoms with Crippen molar-refractivity contribution in [2.75, 3.05) is 13.1 Å². The summed E-state index contributed by atoms with van der Waals surface area (Å²) in [6.45, 7) is 4.91. The number of piperidine rings is 1. The zero-order chi connectivity index (χ0) is 16.2. The van der Waals surface area contributed by atoms with E-state index < -0.39 is 6.10 Å². The third kappa shape index (κ3) is 4.15. The average molecular weight is 314 g/mol. The van der Waals surface area contributed by atoms with Gasteiger partial charge in [-0.3, -0.25) is 9.88 Å². The SMILES string of the molecule is Cc1cncc(CN2CCC(C(O)c3ccc(F)cc3)CC2)c1. The van der Waals surface area contributed by atoms with E-state index in [1.54, 1.807) is 12.1 Å². The molecule has 0 bridgehead atoms. The van der Waals surface area contributed by atoms with Crippen molar-refractivity contribution >= 4 is 0 Å². The number of rotatable bonds is 4. The van der Waals surface area contributed by atoms with Gasteiger partial charge in [-0.1, -0.05) is 18.2 Å². The highest BCUT2D eigenvalue weighted by atomic mass is 19.1. The van der Waals surface area contributed by atoms with Crippen LogP contribution in [-0.2, 0) is 6.54 Å². The van der Waals surface area contributed by atoms with Crippen molar-refractivity contribution in [3.05, 3.63) is 65.2 Å². The maximum atomic E-state index is 13.0. The van der Waals surface area contributed by atoms with Gasteiger partial charge in [0.15, 0.2) is 0 Å². The molecule has 1 atom stereocenters. The zero-order valence-electron chi connectivity index (χ0n) is 13.5. The van der Waals surface area contributed by atoms with E-state index in [2.05, 4.69) is 22.9 Å². The van der Waals surface area contributed by atoms with Crippen LogP contribution in [0.25, 0.3) is 0 Å². The summed E-state index contributed by atoms with van der Waals surface area (Å²) in [6.07, 6.45) is 5.20. The van der Waals surface area contributed by atoms with Crippen molar-refractivity contribution in [3.8, 4) is 0 Å². The van der Waals surface area contributed by atoms with Crippen molar-refractivity contribution in [1.29, 1.82) is 0 Å². The van der Waals surface area contributed by atoms with E-state index in [9.17, 15) is 9.50 Å². The Labute approximate surface area is 136 Å². The highest BCUT2D eigenvalue weighted by Crippen LogP contribution is 2.31. The largest absolute Gasteiger partial charge is 0.388 e. The first kappa shape index (κ1) is 16.1. The summed E-state index contributed by atoms with van der Waals surface area (Å²) in [7, 11) is 0. The van der Waals surface area contributed by atoms with Gasteiger partial charge in [0.05, 0.1) is 6.10 Å². The number of likely N-dealkylation sites (tertiary alicyclic amines) is 1. The lowest BCUT2D eigenvalue weighted by Crippen LogP contribution is -2.35. The van der Waals surface area contributed by atoms with Gasteiger partial charge in [0, 0.05) is 18.9 Å². The number of hydrogen-bond acceptors (Lipinski definition) is 3. The van der Waals surface area contributed by atoms with Crippen LogP contribution >= 0.6 is 0 Å². The van der Waals surface area contributed by atoms with E-state index in [-0.39, 0.29) is 11.7 Å². The minimum atomic E-state index is -0.501. The molecule has 3 nitrogen and oxygen atoms in total. The van der Waals surface area contributed by atoms with Gasteiger partial charge in [-0.15, -0.1) is 0 Å². The Morgan fingerprint density at radius 1 is 1.22 bits per heavy atom. The molecule has 1 aromatic heterocycles. The molecule has 0 saturated carbocycles. The van der Waals surface area contributed by atoms with Crippen LogP contribution in [0.3, 0.4) is 0 Å². The lowest BCUT2D eigenvalue weighted by atomic mass is 9.87. The van der Waals surface area contributed by atoms with Gasteiger partial charge in [0.2, 0.25) is 0 Å². The van der Waals surface area contributed by atoms with Gasteiger partial charge in [-0.05, 0) is 67.6 Å². The van der Waals surface area contributed by atoms with Crippen molar-refractivity contribution in [2.45, 2.75) is 32.4 Å². The molecule has 1 fully saturated rings. The molecule has 2 aromatic rings. The highest BCUT2D eigenvalue weighted by molar-refractivity contribution is 5.19. The predicted molar refractivity (Wildman–Crippen MR) is 88.3 cm³/mol. The Bertz CT molecular complexity index is 636. The Balaban J connectivity index is 1.54. The fraction of sp³-hybridized carbons (Fsp3) is 0.421. The van der Waals surface area contributed by atoms with E-state index in [1.807, 2.05) is 12.4 Å². The average Bonchev–Trinajstić information content (AvgIpc) is 2.56. The number of nitrogens with zero attached hydrogens (tertiary/aromatic N) is 2. The fourth-order valence-corrected chi connectivity index (χ4v) is 3.32. The number of halogens is 1. The molecule has 122 valence electrons. The van der Waals surface area contributed by atoms with Crippen LogP contribution in [0.4, 0.5) is 4.39 Å². The van der Waals surface area contributed by atoms with Crippen LogP contribution in [0.5, 0.6) is 0 Å². The standard InChI is InChI=1S/C19H23FN2O/c1-14-10-15(12-21-11-14)13-22-8-6-17(7-9-22)19(23)16-2-4-18(20)5-3-16/h2-5,10-12,17,19,23H,6-9,13H2,1H3. The molecular weight excluding hydrogens is 291 g/mol. The number of aromatic nitrogens is 1. The number of aliphatic hydroxyl groups excluding tert-OH is 1. The van der Waals surface area contributed by atoms with Gasteiger partial charge >= 0.3 is 0 Å². The van der Waals surface area contributed by atoms with Crippen LogP contribution in [0.2, 0.25) is 0 Å². The van der Waals surface area contributed by atoms with E-state index >= 15 is 0 Å². The quantitative estimate of drug-likeness (QED) is 0.938. The summed E-state index contributed by atoms with van der Waals surface area (Å²) in [4.78, 5) is 6.65. The van der Waals surface area contributed by atoms with Crippen LogP contribution in [0.15, 0.2) is 42.7 Å². The maximum absolute atomic E-state index is 13.0. The molecule has 0 radical (unpaired) electrons. The van der Waals surface area contributed by atoms with Crippen molar-refractivity contribution in [2.24, 2.45) is 5.92 Å². The number of pyridine rings is 1. The molecule has 1 aliphatic rings. The monoisotopic (exact) mass is 314 g/mol. The molecule has 2 heterocycles. The number of aryl methyl sites for hydroxylation is 1. The second-order valence-electron chi connectivity index (χ2n) is 6.48. The normalized spacial score (nSPS) is 18.0. The smallest absolute Gasteiger partial charge is 0.123 e. The molecule has 1 N–H and O–H groups in total. The van der Waals surface area contributed by atoms with Crippen molar-refractivity contribution < 1.29 is 9.50 Å². The second kappa shape index (κ2) is 7.20. The van der Waals surface area contributed by atoms with E-state index in [4.69, 9.17) is 0 Å². The summed E-state index contributed by atoms with van der Waals surface area (Å²) in [6, 6.07) is 8.37. The van der Waals surface area contributed by atoms with Crippen LogP contribution in [0.1, 0.15) is 35.6 Å². The number of hydrogen-bond donors (Lipinski definition) is 1. The van der Waals surface area contributed by atoms with Crippen LogP contribution in [0, 0.1) is 18.7 Å². The van der Waals surface area contributed by atoms with Gasteiger partial charge in [-0.25, -0.2) is 4.39 Å². The molecule has 3 rings (SSSR count). The molecule has 0 spiro atoms. The molecule has 1 saturated heterocycles. The first-order chi connectivity index (χ1) is 11.1.